The van der Waals surface area contributed by atoms with E-state index in [-0.39, 0.29) is 11.8 Å². The topological polar surface area (TPSA) is 42.0 Å². The molecule has 0 radical (unpaired) electrons. The van der Waals surface area contributed by atoms with E-state index in [0.29, 0.717) is 5.82 Å². The van der Waals surface area contributed by atoms with Gasteiger partial charge < -0.3 is 5.32 Å². The summed E-state index contributed by atoms with van der Waals surface area (Å²) in [6.45, 7) is 5.67. The van der Waals surface area contributed by atoms with Crippen LogP contribution in [0.4, 0.5) is 5.82 Å². The van der Waals surface area contributed by atoms with Gasteiger partial charge in [-0.2, -0.15) is 0 Å². The van der Waals surface area contributed by atoms with Crippen molar-refractivity contribution in [1.29, 1.82) is 0 Å². The smallest absolute Gasteiger partial charge is 0.228 e. The first-order valence-corrected chi connectivity index (χ1v) is 4.33. The van der Waals surface area contributed by atoms with E-state index in [1.54, 1.807) is 6.20 Å². The van der Waals surface area contributed by atoms with Crippen molar-refractivity contribution in [3.8, 4) is 0 Å². The number of nitrogens with zero attached hydrogens (tertiary/aromatic N) is 1. The molecular formula is C10H14N2O. The fraction of sp³-hybridized carbons (Fsp3) is 0.400. The number of aryl methyl sites for hydroxylation is 1. The number of amides is 1. The van der Waals surface area contributed by atoms with Gasteiger partial charge in [0.25, 0.3) is 0 Å². The van der Waals surface area contributed by atoms with E-state index in [0.717, 1.165) is 5.56 Å². The number of carbonyl (C=O) groups is 1. The molecule has 1 N–H and O–H groups in total. The Labute approximate surface area is 78.2 Å². The highest BCUT2D eigenvalue weighted by Crippen LogP contribution is 2.06. The number of aromatic nitrogens is 1. The Kier molecular flexibility index (Phi) is 3.01. The largest absolute Gasteiger partial charge is 0.310 e. The minimum absolute atomic E-state index is 0.00176. The summed E-state index contributed by atoms with van der Waals surface area (Å²) in [4.78, 5) is 15.3. The quantitative estimate of drug-likeness (QED) is 0.752. The summed E-state index contributed by atoms with van der Waals surface area (Å²) in [5.74, 6) is 0.610. The lowest BCUT2D eigenvalue weighted by Gasteiger charge is -2.06. The summed E-state index contributed by atoms with van der Waals surface area (Å²) in [6.07, 6.45) is 1.69. The van der Waals surface area contributed by atoms with Gasteiger partial charge in [0.1, 0.15) is 5.82 Å². The highest BCUT2D eigenvalue weighted by atomic mass is 16.1. The van der Waals surface area contributed by atoms with Crippen molar-refractivity contribution < 1.29 is 4.79 Å². The zero-order valence-corrected chi connectivity index (χ0v) is 8.16. The van der Waals surface area contributed by atoms with Crippen LogP contribution in [0.2, 0.25) is 0 Å². The average Bonchev–Trinajstić information content (AvgIpc) is 2.04. The molecule has 0 saturated heterocycles. The second-order valence-electron chi connectivity index (χ2n) is 3.36. The van der Waals surface area contributed by atoms with Crippen LogP contribution < -0.4 is 5.32 Å². The predicted molar refractivity (Wildman–Crippen MR) is 52.4 cm³/mol. The number of nitrogens with one attached hydrogen (secondary N) is 1. The van der Waals surface area contributed by atoms with Gasteiger partial charge >= 0.3 is 0 Å². The molecule has 0 spiro atoms. The molecule has 1 aromatic heterocycles. The first kappa shape index (κ1) is 9.71. The van der Waals surface area contributed by atoms with Crippen LogP contribution in [-0.2, 0) is 4.79 Å². The van der Waals surface area contributed by atoms with Gasteiger partial charge in [-0.05, 0) is 24.6 Å². The second-order valence-corrected chi connectivity index (χ2v) is 3.36. The molecule has 0 aromatic carbocycles. The molecule has 1 amide bonds. The second kappa shape index (κ2) is 4.03. The Morgan fingerprint density at radius 1 is 1.54 bits per heavy atom. The van der Waals surface area contributed by atoms with Gasteiger partial charge in [-0.25, -0.2) is 4.98 Å². The normalized spacial score (nSPS) is 10.2. The molecule has 0 atom stereocenters. The number of hydrogen-bond donors (Lipinski definition) is 1. The van der Waals surface area contributed by atoms with Crippen LogP contribution in [-0.4, -0.2) is 10.9 Å². The van der Waals surface area contributed by atoms with Crippen molar-refractivity contribution in [3.05, 3.63) is 23.9 Å². The molecule has 0 aliphatic rings. The highest BCUT2D eigenvalue weighted by Gasteiger charge is 2.06. The van der Waals surface area contributed by atoms with Gasteiger partial charge in [-0.1, -0.05) is 13.8 Å². The lowest BCUT2D eigenvalue weighted by molar-refractivity contribution is -0.118. The molecule has 0 fully saturated rings. The fourth-order valence-corrected chi connectivity index (χ4v) is 0.875. The molecular weight excluding hydrogens is 164 g/mol. The van der Waals surface area contributed by atoms with Gasteiger partial charge in [0.15, 0.2) is 0 Å². The van der Waals surface area contributed by atoms with E-state index in [1.165, 1.54) is 0 Å². The van der Waals surface area contributed by atoms with Gasteiger partial charge in [0.05, 0.1) is 0 Å². The van der Waals surface area contributed by atoms with Crippen molar-refractivity contribution in [3.63, 3.8) is 0 Å². The third-order valence-corrected chi connectivity index (χ3v) is 1.69. The molecule has 0 saturated carbocycles. The lowest BCUT2D eigenvalue weighted by Crippen LogP contribution is -2.18. The summed E-state index contributed by atoms with van der Waals surface area (Å²) in [5, 5.41) is 2.73. The Hall–Kier alpha value is -1.38. The third-order valence-electron chi connectivity index (χ3n) is 1.69. The summed E-state index contributed by atoms with van der Waals surface area (Å²) >= 11 is 0. The van der Waals surface area contributed by atoms with Gasteiger partial charge in [0.2, 0.25) is 5.91 Å². The maximum atomic E-state index is 11.3. The van der Waals surface area contributed by atoms with Crippen molar-refractivity contribution in [1.82, 2.24) is 4.98 Å². The Balaban J connectivity index is 2.69. The molecule has 0 aliphatic carbocycles. The highest BCUT2D eigenvalue weighted by molar-refractivity contribution is 5.91. The monoisotopic (exact) mass is 178 g/mol. The van der Waals surface area contributed by atoms with E-state index >= 15 is 0 Å². The molecule has 70 valence electrons. The van der Waals surface area contributed by atoms with E-state index < -0.39 is 0 Å². The fourth-order valence-electron chi connectivity index (χ4n) is 0.875. The molecule has 13 heavy (non-hydrogen) atoms. The summed E-state index contributed by atoms with van der Waals surface area (Å²) in [7, 11) is 0. The van der Waals surface area contributed by atoms with Crippen LogP contribution in [0.5, 0.6) is 0 Å². The molecule has 1 rings (SSSR count). The average molecular weight is 178 g/mol. The number of anilines is 1. The lowest BCUT2D eigenvalue weighted by atomic mass is 10.2. The number of pyridine rings is 1. The number of carbonyl (C=O) groups excluding carboxylic acids is 1. The molecule has 0 aliphatic heterocycles. The Morgan fingerprint density at radius 3 is 2.77 bits per heavy atom. The standard InChI is InChI=1S/C10H14N2O/c1-7(2)10(13)12-9-6-8(3)4-5-11-9/h4-7H,1-3H3,(H,11,12,13). The van der Waals surface area contributed by atoms with Crippen molar-refractivity contribution in [2.75, 3.05) is 5.32 Å². The maximum Gasteiger partial charge on any atom is 0.228 e. The van der Waals surface area contributed by atoms with Gasteiger partial charge in [-0.15, -0.1) is 0 Å². The minimum Gasteiger partial charge on any atom is -0.310 e. The molecule has 0 unspecified atom stereocenters. The van der Waals surface area contributed by atoms with Crippen LogP contribution in [0, 0.1) is 12.8 Å². The zero-order chi connectivity index (χ0) is 9.84. The molecule has 0 bridgehead atoms. The Bertz CT molecular complexity index is 308. The van der Waals surface area contributed by atoms with E-state index in [1.807, 2.05) is 32.9 Å². The van der Waals surface area contributed by atoms with Crippen LogP contribution in [0.15, 0.2) is 18.3 Å². The van der Waals surface area contributed by atoms with E-state index in [2.05, 4.69) is 10.3 Å². The first-order valence-electron chi connectivity index (χ1n) is 4.33. The SMILES string of the molecule is Cc1ccnc(NC(=O)C(C)C)c1. The molecule has 3 nitrogen and oxygen atoms in total. The molecule has 1 aromatic rings. The summed E-state index contributed by atoms with van der Waals surface area (Å²) < 4.78 is 0. The minimum atomic E-state index is -0.0117. The summed E-state index contributed by atoms with van der Waals surface area (Å²) in [6, 6.07) is 3.74. The maximum absolute atomic E-state index is 11.3. The summed E-state index contributed by atoms with van der Waals surface area (Å²) in [5.41, 5.74) is 1.09. The van der Waals surface area contributed by atoms with Crippen molar-refractivity contribution in [2.24, 2.45) is 5.92 Å². The van der Waals surface area contributed by atoms with Gasteiger partial charge in [0, 0.05) is 12.1 Å². The van der Waals surface area contributed by atoms with Crippen LogP contribution >= 0.6 is 0 Å². The Morgan fingerprint density at radius 2 is 2.23 bits per heavy atom. The first-order chi connectivity index (χ1) is 6.09. The van der Waals surface area contributed by atoms with Crippen LogP contribution in [0.3, 0.4) is 0 Å². The molecule has 1 heterocycles. The van der Waals surface area contributed by atoms with E-state index in [9.17, 15) is 4.79 Å². The van der Waals surface area contributed by atoms with Crippen LogP contribution in [0.1, 0.15) is 19.4 Å². The van der Waals surface area contributed by atoms with Crippen molar-refractivity contribution >= 4 is 11.7 Å². The molecule has 3 heteroatoms. The zero-order valence-electron chi connectivity index (χ0n) is 8.16. The number of rotatable bonds is 2. The number of hydrogen-bond acceptors (Lipinski definition) is 2. The van der Waals surface area contributed by atoms with Gasteiger partial charge in [-0.3, -0.25) is 4.79 Å². The van der Waals surface area contributed by atoms with E-state index in [4.69, 9.17) is 0 Å². The van der Waals surface area contributed by atoms with Crippen molar-refractivity contribution in [2.45, 2.75) is 20.8 Å². The third kappa shape index (κ3) is 2.86. The van der Waals surface area contributed by atoms with Crippen LogP contribution in [0.25, 0.3) is 0 Å². The predicted octanol–water partition coefficient (Wildman–Crippen LogP) is 1.98.